The molecule has 0 atom stereocenters. The number of hydrogen-bond donors (Lipinski definition) is 3. The third kappa shape index (κ3) is 7.68. The van der Waals surface area contributed by atoms with Crippen molar-refractivity contribution in [2.45, 2.75) is 53.1 Å². The van der Waals surface area contributed by atoms with Gasteiger partial charge in [-0.3, -0.25) is 9.89 Å². The Labute approximate surface area is 147 Å². The van der Waals surface area contributed by atoms with Gasteiger partial charge in [0, 0.05) is 31.7 Å². The second-order valence-electron chi connectivity index (χ2n) is 6.53. The van der Waals surface area contributed by atoms with E-state index in [-0.39, 0.29) is 0 Å². The molecule has 1 rings (SSSR count). The van der Waals surface area contributed by atoms with Crippen molar-refractivity contribution in [1.29, 1.82) is 0 Å². The monoisotopic (exact) mass is 334 g/mol. The molecule has 0 aliphatic carbocycles. The molecule has 0 radical (unpaired) electrons. The topological polar surface area (TPSA) is 59.9 Å². The molecule has 5 nitrogen and oxygen atoms in total. The number of nitrogens with zero attached hydrogens (tertiary/aromatic N) is 2. The molecule has 0 amide bonds. The van der Waals surface area contributed by atoms with Gasteiger partial charge in [-0.05, 0) is 58.7 Å². The summed E-state index contributed by atoms with van der Waals surface area (Å²) in [7, 11) is 0. The highest BCUT2D eigenvalue weighted by atomic mass is 16.3. The highest BCUT2D eigenvalue weighted by molar-refractivity contribution is 5.79. The Kier molecular flexibility index (Phi) is 9.23. The van der Waals surface area contributed by atoms with Crippen LogP contribution in [0.1, 0.15) is 40.2 Å². The summed E-state index contributed by atoms with van der Waals surface area (Å²) in [5, 5.41) is 16.1. The zero-order chi connectivity index (χ0) is 17.9. The molecule has 0 heterocycles. The minimum absolute atomic E-state index is 0.315. The van der Waals surface area contributed by atoms with Crippen LogP contribution in [0.4, 0.5) is 0 Å². The van der Waals surface area contributed by atoms with Gasteiger partial charge in [-0.2, -0.15) is 0 Å². The molecule has 0 fully saturated rings. The Morgan fingerprint density at radius 1 is 1.17 bits per heavy atom. The first-order chi connectivity index (χ1) is 11.4. The van der Waals surface area contributed by atoms with Gasteiger partial charge in [0.2, 0.25) is 0 Å². The zero-order valence-corrected chi connectivity index (χ0v) is 15.8. The number of aromatic hydroxyl groups is 1. The van der Waals surface area contributed by atoms with Gasteiger partial charge in [0.1, 0.15) is 5.75 Å². The van der Waals surface area contributed by atoms with Crippen molar-refractivity contribution in [2.75, 3.05) is 26.2 Å². The molecule has 0 saturated carbocycles. The van der Waals surface area contributed by atoms with E-state index in [1.165, 1.54) is 0 Å². The Hall–Kier alpha value is -1.75. The fourth-order valence-electron chi connectivity index (χ4n) is 2.77. The second kappa shape index (κ2) is 10.9. The summed E-state index contributed by atoms with van der Waals surface area (Å²) in [6.45, 7) is 14.3. The number of benzene rings is 1. The lowest BCUT2D eigenvalue weighted by Gasteiger charge is -2.29. The Bertz CT molecular complexity index is 492. The van der Waals surface area contributed by atoms with E-state index in [0.717, 1.165) is 44.1 Å². The third-order valence-corrected chi connectivity index (χ3v) is 3.92. The quantitative estimate of drug-likeness (QED) is 0.480. The number of hydrogen-bond acceptors (Lipinski definition) is 3. The van der Waals surface area contributed by atoms with Crippen LogP contribution in [0.2, 0.25) is 0 Å². The van der Waals surface area contributed by atoms with E-state index in [0.29, 0.717) is 17.8 Å². The fraction of sp³-hybridized carbons (Fsp3) is 0.632. The molecule has 0 unspecified atom stereocenters. The predicted octanol–water partition coefficient (Wildman–Crippen LogP) is 2.61. The second-order valence-corrected chi connectivity index (χ2v) is 6.53. The van der Waals surface area contributed by atoms with Gasteiger partial charge >= 0.3 is 0 Å². The lowest BCUT2D eigenvalue weighted by Crippen LogP contribution is -2.41. The maximum atomic E-state index is 9.50. The fourth-order valence-corrected chi connectivity index (χ4v) is 2.77. The standard InChI is InChI=1S/C19H34N4O/c1-6-20-19(22-12-13-23(15(2)3)16(4)5)21-11-10-17-8-7-9-18(24)14-17/h7-9,14-16,24H,6,10-13H2,1-5H3,(H2,20,21,22). The van der Waals surface area contributed by atoms with Crippen LogP contribution in [0.15, 0.2) is 29.3 Å². The van der Waals surface area contributed by atoms with Crippen molar-refractivity contribution in [3.8, 4) is 5.75 Å². The molecule has 0 aliphatic heterocycles. The van der Waals surface area contributed by atoms with Gasteiger partial charge in [0.25, 0.3) is 0 Å². The molecular weight excluding hydrogens is 300 g/mol. The van der Waals surface area contributed by atoms with E-state index in [1.54, 1.807) is 12.1 Å². The third-order valence-electron chi connectivity index (χ3n) is 3.92. The molecule has 0 aromatic heterocycles. The first-order valence-electron chi connectivity index (χ1n) is 8.99. The minimum atomic E-state index is 0.315. The van der Waals surface area contributed by atoms with Gasteiger partial charge in [-0.15, -0.1) is 0 Å². The number of aliphatic imine (C=N–C) groups is 1. The van der Waals surface area contributed by atoms with Crippen LogP contribution in [0.3, 0.4) is 0 Å². The number of phenolic OH excluding ortho intramolecular Hbond substituents is 1. The van der Waals surface area contributed by atoms with E-state index < -0.39 is 0 Å². The Morgan fingerprint density at radius 2 is 1.88 bits per heavy atom. The predicted molar refractivity (Wildman–Crippen MR) is 103 cm³/mol. The van der Waals surface area contributed by atoms with Crippen LogP contribution in [0, 0.1) is 0 Å². The highest BCUT2D eigenvalue weighted by Gasteiger charge is 2.12. The summed E-state index contributed by atoms with van der Waals surface area (Å²) in [5.41, 5.74) is 1.11. The summed E-state index contributed by atoms with van der Waals surface area (Å²) in [6.07, 6.45) is 0.850. The lowest BCUT2D eigenvalue weighted by atomic mass is 10.1. The molecule has 0 saturated heterocycles. The summed E-state index contributed by atoms with van der Waals surface area (Å²) < 4.78 is 0. The molecule has 0 bridgehead atoms. The maximum Gasteiger partial charge on any atom is 0.191 e. The number of rotatable bonds is 9. The molecule has 5 heteroatoms. The van der Waals surface area contributed by atoms with Crippen molar-refractivity contribution in [3.63, 3.8) is 0 Å². The van der Waals surface area contributed by atoms with Gasteiger partial charge in [0.15, 0.2) is 5.96 Å². The zero-order valence-electron chi connectivity index (χ0n) is 15.8. The van der Waals surface area contributed by atoms with Crippen molar-refractivity contribution in [1.82, 2.24) is 15.5 Å². The number of nitrogens with one attached hydrogen (secondary N) is 2. The molecule has 1 aromatic rings. The first-order valence-corrected chi connectivity index (χ1v) is 8.99. The summed E-state index contributed by atoms with van der Waals surface area (Å²) in [6, 6.07) is 8.44. The van der Waals surface area contributed by atoms with Crippen molar-refractivity contribution >= 4 is 5.96 Å². The van der Waals surface area contributed by atoms with Crippen molar-refractivity contribution < 1.29 is 5.11 Å². The Morgan fingerprint density at radius 3 is 2.46 bits per heavy atom. The van der Waals surface area contributed by atoms with Gasteiger partial charge in [-0.25, -0.2) is 0 Å². The van der Waals surface area contributed by atoms with E-state index in [9.17, 15) is 5.11 Å². The molecule has 136 valence electrons. The number of phenols is 1. The van der Waals surface area contributed by atoms with Crippen LogP contribution >= 0.6 is 0 Å². The summed E-state index contributed by atoms with van der Waals surface area (Å²) >= 11 is 0. The molecule has 24 heavy (non-hydrogen) atoms. The molecular formula is C19H34N4O. The maximum absolute atomic E-state index is 9.50. The van der Waals surface area contributed by atoms with Crippen LogP contribution in [-0.4, -0.2) is 54.2 Å². The average Bonchev–Trinajstić information content (AvgIpc) is 2.50. The Balaban J connectivity index is 2.47. The lowest BCUT2D eigenvalue weighted by molar-refractivity contribution is 0.181. The molecule has 3 N–H and O–H groups in total. The van der Waals surface area contributed by atoms with E-state index in [2.05, 4.69) is 55.1 Å². The molecule has 0 aliphatic rings. The van der Waals surface area contributed by atoms with Gasteiger partial charge in [0.05, 0.1) is 6.54 Å². The van der Waals surface area contributed by atoms with Crippen LogP contribution in [0.25, 0.3) is 0 Å². The minimum Gasteiger partial charge on any atom is -0.508 e. The largest absolute Gasteiger partial charge is 0.508 e. The van der Waals surface area contributed by atoms with Gasteiger partial charge < -0.3 is 15.7 Å². The highest BCUT2D eigenvalue weighted by Crippen LogP contribution is 2.10. The van der Waals surface area contributed by atoms with Crippen molar-refractivity contribution in [3.05, 3.63) is 29.8 Å². The molecule has 1 aromatic carbocycles. The van der Waals surface area contributed by atoms with E-state index >= 15 is 0 Å². The summed E-state index contributed by atoms with van der Waals surface area (Å²) in [4.78, 5) is 7.11. The van der Waals surface area contributed by atoms with Crippen LogP contribution < -0.4 is 10.6 Å². The first kappa shape index (κ1) is 20.3. The average molecular weight is 335 g/mol. The summed E-state index contributed by atoms with van der Waals surface area (Å²) in [5.74, 6) is 1.17. The van der Waals surface area contributed by atoms with Crippen LogP contribution in [0.5, 0.6) is 5.75 Å². The number of guanidine groups is 1. The van der Waals surface area contributed by atoms with E-state index in [1.807, 2.05) is 12.1 Å². The SMILES string of the molecule is CCNC(=NCCN(C(C)C)C(C)C)NCCc1cccc(O)c1. The normalized spacial score (nSPS) is 12.2. The smallest absolute Gasteiger partial charge is 0.191 e. The van der Waals surface area contributed by atoms with E-state index in [4.69, 9.17) is 0 Å². The van der Waals surface area contributed by atoms with Gasteiger partial charge in [-0.1, -0.05) is 12.1 Å². The van der Waals surface area contributed by atoms with Crippen molar-refractivity contribution in [2.24, 2.45) is 4.99 Å². The molecule has 0 spiro atoms. The van der Waals surface area contributed by atoms with Crippen LogP contribution in [-0.2, 0) is 6.42 Å².